The molecule has 1 aliphatic carbocycles. The molecule has 1 atom stereocenters. The highest BCUT2D eigenvalue weighted by Gasteiger charge is 2.49. The second kappa shape index (κ2) is 6.72. The fourth-order valence-electron chi connectivity index (χ4n) is 4.66. The maximum atomic E-state index is 13.2. The van der Waals surface area contributed by atoms with Gasteiger partial charge in [-0.15, -0.1) is 0 Å². The number of H-pyrrole nitrogens is 1. The summed E-state index contributed by atoms with van der Waals surface area (Å²) in [5, 5.41) is 6.68. The van der Waals surface area contributed by atoms with E-state index in [0.717, 1.165) is 37.9 Å². The van der Waals surface area contributed by atoms with Crippen LogP contribution in [0.4, 0.5) is 0 Å². The molecule has 1 aromatic heterocycles. The Bertz CT molecular complexity index is 875. The van der Waals surface area contributed by atoms with E-state index in [-0.39, 0.29) is 17.2 Å². The second-order valence-electron chi connectivity index (χ2n) is 8.47. The highest BCUT2D eigenvalue weighted by Crippen LogP contribution is 2.42. The van der Waals surface area contributed by atoms with Crippen molar-refractivity contribution in [2.75, 3.05) is 26.2 Å². The number of aromatic amines is 1. The van der Waals surface area contributed by atoms with Crippen LogP contribution < -0.4 is 0 Å². The Hall–Kier alpha value is -2.70. The molecule has 3 heterocycles. The van der Waals surface area contributed by atoms with Crippen molar-refractivity contribution >= 4 is 11.8 Å². The summed E-state index contributed by atoms with van der Waals surface area (Å²) in [5.41, 5.74) is 1.19. The van der Waals surface area contributed by atoms with Gasteiger partial charge < -0.3 is 9.80 Å². The van der Waals surface area contributed by atoms with Crippen LogP contribution in [0.1, 0.15) is 42.5 Å². The van der Waals surface area contributed by atoms with Gasteiger partial charge in [-0.25, -0.2) is 4.98 Å². The number of carbonyl (C=O) groups is 2. The minimum atomic E-state index is -0.359. The van der Waals surface area contributed by atoms with E-state index in [1.165, 1.54) is 19.2 Å². The van der Waals surface area contributed by atoms with Crippen molar-refractivity contribution in [2.24, 2.45) is 11.3 Å². The van der Waals surface area contributed by atoms with Crippen molar-refractivity contribution in [1.82, 2.24) is 25.0 Å². The van der Waals surface area contributed by atoms with Gasteiger partial charge in [-0.1, -0.05) is 12.1 Å². The molecule has 1 spiro atoms. The van der Waals surface area contributed by atoms with Gasteiger partial charge in [-0.2, -0.15) is 5.10 Å². The first kappa shape index (κ1) is 17.4. The third kappa shape index (κ3) is 3.08. The number of piperidine rings is 1. The molecule has 7 heteroatoms. The van der Waals surface area contributed by atoms with Gasteiger partial charge in [0, 0.05) is 37.3 Å². The number of rotatable bonds is 4. The zero-order valence-electron chi connectivity index (χ0n) is 15.9. The van der Waals surface area contributed by atoms with Gasteiger partial charge in [-0.3, -0.25) is 14.7 Å². The second-order valence-corrected chi connectivity index (χ2v) is 8.47. The standard InChI is InChI=1S/C21H25N5O2/c27-19(17-6-4-16(5-7-17)18-22-14-23-24-18)26-11-9-21(13-26)8-1-10-25(20(21)28)12-15-2-3-15/h4-7,14-15H,1-3,8-13H2,(H,22,23,24)/t21-/m1/s1. The lowest BCUT2D eigenvalue weighted by Gasteiger charge is -2.39. The molecule has 3 aliphatic rings. The molecule has 2 amide bonds. The average molecular weight is 379 g/mol. The summed E-state index contributed by atoms with van der Waals surface area (Å²) < 4.78 is 0. The van der Waals surface area contributed by atoms with E-state index in [1.807, 2.05) is 29.2 Å². The van der Waals surface area contributed by atoms with Crippen LogP contribution in [0.5, 0.6) is 0 Å². The molecule has 3 fully saturated rings. The van der Waals surface area contributed by atoms with Gasteiger partial charge in [0.25, 0.3) is 5.91 Å². The summed E-state index contributed by atoms with van der Waals surface area (Å²) in [6.07, 6.45) is 6.71. The average Bonchev–Trinajstić information content (AvgIpc) is 3.20. The summed E-state index contributed by atoms with van der Waals surface area (Å²) in [6, 6.07) is 7.41. The van der Waals surface area contributed by atoms with Crippen LogP contribution >= 0.6 is 0 Å². The molecule has 2 aromatic rings. The van der Waals surface area contributed by atoms with Crippen molar-refractivity contribution in [3.8, 4) is 11.4 Å². The largest absolute Gasteiger partial charge is 0.342 e. The van der Waals surface area contributed by atoms with E-state index in [1.54, 1.807) is 0 Å². The highest BCUT2D eigenvalue weighted by molar-refractivity contribution is 5.96. The van der Waals surface area contributed by atoms with E-state index in [0.29, 0.717) is 30.4 Å². The van der Waals surface area contributed by atoms with Gasteiger partial charge in [0.1, 0.15) is 6.33 Å². The van der Waals surface area contributed by atoms with E-state index in [9.17, 15) is 9.59 Å². The maximum absolute atomic E-state index is 13.2. The van der Waals surface area contributed by atoms with Crippen molar-refractivity contribution < 1.29 is 9.59 Å². The Kier molecular flexibility index (Phi) is 4.18. The number of benzene rings is 1. The van der Waals surface area contributed by atoms with Crippen molar-refractivity contribution in [2.45, 2.75) is 32.1 Å². The molecule has 1 saturated carbocycles. The maximum Gasteiger partial charge on any atom is 0.253 e. The van der Waals surface area contributed by atoms with E-state index in [4.69, 9.17) is 0 Å². The SMILES string of the molecule is O=C(c1ccc(-c2ncn[nH]2)cc1)N1CC[C@]2(CCCN(CC3CC3)C2=O)C1. The monoisotopic (exact) mass is 379 g/mol. The minimum absolute atomic E-state index is 0.00751. The lowest BCUT2D eigenvalue weighted by molar-refractivity contribution is -0.145. The zero-order chi connectivity index (χ0) is 19.1. The first-order valence-electron chi connectivity index (χ1n) is 10.2. The molecule has 1 N–H and O–H groups in total. The van der Waals surface area contributed by atoms with E-state index < -0.39 is 0 Å². The molecule has 0 radical (unpaired) electrons. The third-order valence-corrected chi connectivity index (χ3v) is 6.46. The molecule has 5 rings (SSSR count). The number of carbonyl (C=O) groups excluding carboxylic acids is 2. The van der Waals surface area contributed by atoms with Gasteiger partial charge in [0.2, 0.25) is 5.91 Å². The Morgan fingerprint density at radius 3 is 2.71 bits per heavy atom. The van der Waals surface area contributed by atoms with E-state index >= 15 is 0 Å². The fourth-order valence-corrected chi connectivity index (χ4v) is 4.66. The molecule has 0 unspecified atom stereocenters. The molecule has 2 saturated heterocycles. The van der Waals surface area contributed by atoms with Crippen LogP contribution in [-0.4, -0.2) is 63.0 Å². The van der Waals surface area contributed by atoms with Gasteiger partial charge in [0.15, 0.2) is 5.82 Å². The molecule has 0 bridgehead atoms. The number of amides is 2. The van der Waals surface area contributed by atoms with Crippen LogP contribution in [0, 0.1) is 11.3 Å². The molecule has 146 valence electrons. The number of aromatic nitrogens is 3. The van der Waals surface area contributed by atoms with Gasteiger partial charge in [0.05, 0.1) is 5.41 Å². The smallest absolute Gasteiger partial charge is 0.253 e. The van der Waals surface area contributed by atoms with Crippen LogP contribution in [0.15, 0.2) is 30.6 Å². The highest BCUT2D eigenvalue weighted by atomic mass is 16.2. The summed E-state index contributed by atoms with van der Waals surface area (Å²) in [5.74, 6) is 1.68. The molecular formula is C21H25N5O2. The van der Waals surface area contributed by atoms with Crippen molar-refractivity contribution in [3.63, 3.8) is 0 Å². The Labute approximate surface area is 164 Å². The number of nitrogens with one attached hydrogen (secondary N) is 1. The van der Waals surface area contributed by atoms with Gasteiger partial charge >= 0.3 is 0 Å². The van der Waals surface area contributed by atoms with Gasteiger partial charge in [-0.05, 0) is 50.2 Å². The number of hydrogen-bond donors (Lipinski definition) is 1. The molecular weight excluding hydrogens is 354 g/mol. The number of hydrogen-bond acceptors (Lipinski definition) is 4. The Morgan fingerprint density at radius 1 is 1.18 bits per heavy atom. The Balaban J connectivity index is 1.28. The summed E-state index contributed by atoms with van der Waals surface area (Å²) in [6.45, 7) is 3.01. The van der Waals surface area contributed by atoms with Crippen LogP contribution in [-0.2, 0) is 4.79 Å². The van der Waals surface area contributed by atoms with Crippen molar-refractivity contribution in [1.29, 1.82) is 0 Å². The quantitative estimate of drug-likeness (QED) is 0.884. The van der Waals surface area contributed by atoms with Crippen molar-refractivity contribution in [3.05, 3.63) is 36.2 Å². The molecule has 28 heavy (non-hydrogen) atoms. The first-order chi connectivity index (χ1) is 13.6. The topological polar surface area (TPSA) is 82.2 Å². The van der Waals surface area contributed by atoms with Crippen LogP contribution in [0.2, 0.25) is 0 Å². The lowest BCUT2D eigenvalue weighted by atomic mass is 9.78. The molecule has 2 aliphatic heterocycles. The normalized spacial score (nSPS) is 24.9. The predicted octanol–water partition coefficient (Wildman–Crippen LogP) is 2.34. The fraction of sp³-hybridized carbons (Fsp3) is 0.524. The minimum Gasteiger partial charge on any atom is -0.342 e. The first-order valence-corrected chi connectivity index (χ1v) is 10.2. The predicted molar refractivity (Wildman–Crippen MR) is 103 cm³/mol. The number of nitrogens with zero attached hydrogens (tertiary/aromatic N) is 4. The number of likely N-dealkylation sites (tertiary alicyclic amines) is 2. The molecule has 7 nitrogen and oxygen atoms in total. The molecule has 1 aromatic carbocycles. The summed E-state index contributed by atoms with van der Waals surface area (Å²) in [4.78, 5) is 34.2. The van der Waals surface area contributed by atoms with Crippen LogP contribution in [0.25, 0.3) is 11.4 Å². The van der Waals surface area contributed by atoms with Crippen LogP contribution in [0.3, 0.4) is 0 Å². The van der Waals surface area contributed by atoms with E-state index in [2.05, 4.69) is 20.1 Å². The summed E-state index contributed by atoms with van der Waals surface area (Å²) >= 11 is 0. The zero-order valence-corrected chi connectivity index (χ0v) is 15.9. The Morgan fingerprint density at radius 2 is 2.00 bits per heavy atom. The summed E-state index contributed by atoms with van der Waals surface area (Å²) in [7, 11) is 0. The lowest BCUT2D eigenvalue weighted by Crippen LogP contribution is -2.50. The third-order valence-electron chi connectivity index (χ3n) is 6.46.